The highest BCUT2D eigenvalue weighted by atomic mass is 35.5. The number of carbonyl (C=O) groups is 2. The highest BCUT2D eigenvalue weighted by Crippen LogP contribution is 2.26. The molecule has 4 nitrogen and oxygen atoms in total. The normalized spacial score (nSPS) is 14.5. The molecule has 2 amide bonds. The summed E-state index contributed by atoms with van der Waals surface area (Å²) in [7, 11) is 0. The quantitative estimate of drug-likeness (QED) is 0.774. The van der Waals surface area contributed by atoms with Crippen molar-refractivity contribution in [2.24, 2.45) is 0 Å². The van der Waals surface area contributed by atoms with Crippen molar-refractivity contribution in [2.75, 3.05) is 11.9 Å². The maximum Gasteiger partial charge on any atom is 0.278 e. The third-order valence-electron chi connectivity index (χ3n) is 4.43. The van der Waals surface area contributed by atoms with Gasteiger partial charge in [-0.15, -0.1) is 0 Å². The molecule has 1 heterocycles. The van der Waals surface area contributed by atoms with E-state index < -0.39 is 5.91 Å². The fraction of sp³-hybridized carbons (Fsp3) is 0.238. The van der Waals surface area contributed by atoms with Gasteiger partial charge >= 0.3 is 0 Å². The van der Waals surface area contributed by atoms with Gasteiger partial charge in [0.1, 0.15) is 10.7 Å². The molecule has 0 aromatic heterocycles. The average Bonchev–Trinajstić information content (AvgIpc) is 2.85. The van der Waals surface area contributed by atoms with E-state index in [-0.39, 0.29) is 16.6 Å². The first-order valence-corrected chi connectivity index (χ1v) is 9.02. The van der Waals surface area contributed by atoms with E-state index in [4.69, 9.17) is 11.6 Å². The molecule has 0 radical (unpaired) electrons. The van der Waals surface area contributed by atoms with Crippen LogP contribution in [0.15, 0.2) is 65.3 Å². The molecule has 0 spiro atoms. The number of imide groups is 1. The van der Waals surface area contributed by atoms with Crippen LogP contribution in [0.1, 0.15) is 30.9 Å². The fourth-order valence-corrected chi connectivity index (χ4v) is 3.07. The predicted molar refractivity (Wildman–Crippen MR) is 104 cm³/mol. The van der Waals surface area contributed by atoms with Gasteiger partial charge in [0.15, 0.2) is 0 Å². The Balaban J connectivity index is 1.70. The van der Waals surface area contributed by atoms with Crippen LogP contribution in [0.25, 0.3) is 0 Å². The topological polar surface area (TPSA) is 49.4 Å². The van der Waals surface area contributed by atoms with Gasteiger partial charge in [-0.05, 0) is 35.6 Å². The van der Waals surface area contributed by atoms with Gasteiger partial charge in [-0.25, -0.2) is 0 Å². The van der Waals surface area contributed by atoms with Crippen molar-refractivity contribution in [1.82, 2.24) is 4.90 Å². The zero-order valence-electron chi connectivity index (χ0n) is 14.8. The monoisotopic (exact) mass is 368 g/mol. The molecule has 2 aromatic rings. The first kappa shape index (κ1) is 18.2. The van der Waals surface area contributed by atoms with Gasteiger partial charge in [-0.2, -0.15) is 0 Å². The standard InChI is InChI=1S/C21H21ClN2O2/c1-14(2)16-8-10-17(11-9-16)23-19-18(22)20(25)24(21(19)26)13-12-15-6-4-3-5-7-15/h3-11,14,23H,12-13H2,1-2H3. The van der Waals surface area contributed by atoms with Crippen molar-refractivity contribution in [2.45, 2.75) is 26.2 Å². The van der Waals surface area contributed by atoms with E-state index in [9.17, 15) is 9.59 Å². The van der Waals surface area contributed by atoms with Crippen molar-refractivity contribution < 1.29 is 9.59 Å². The summed E-state index contributed by atoms with van der Waals surface area (Å²) in [4.78, 5) is 26.2. The number of halogens is 1. The molecular weight excluding hydrogens is 348 g/mol. The molecule has 2 aromatic carbocycles. The van der Waals surface area contributed by atoms with Crippen LogP contribution < -0.4 is 5.32 Å². The third kappa shape index (κ3) is 3.81. The second kappa shape index (κ2) is 7.75. The summed E-state index contributed by atoms with van der Waals surface area (Å²) < 4.78 is 0. The molecule has 134 valence electrons. The number of nitrogens with zero attached hydrogens (tertiary/aromatic N) is 1. The van der Waals surface area contributed by atoms with Crippen LogP contribution in [0.2, 0.25) is 0 Å². The van der Waals surface area contributed by atoms with E-state index in [1.807, 2.05) is 54.6 Å². The predicted octanol–water partition coefficient (Wildman–Crippen LogP) is 4.28. The molecule has 0 fully saturated rings. The molecule has 0 bridgehead atoms. The second-order valence-electron chi connectivity index (χ2n) is 6.59. The van der Waals surface area contributed by atoms with E-state index in [0.29, 0.717) is 18.9 Å². The number of anilines is 1. The maximum absolute atomic E-state index is 12.6. The Hall–Kier alpha value is -2.59. The van der Waals surface area contributed by atoms with Gasteiger partial charge < -0.3 is 5.32 Å². The van der Waals surface area contributed by atoms with Crippen molar-refractivity contribution in [3.05, 3.63) is 76.5 Å². The molecule has 1 N–H and O–H groups in total. The van der Waals surface area contributed by atoms with Crippen molar-refractivity contribution in [3.63, 3.8) is 0 Å². The largest absolute Gasteiger partial charge is 0.350 e. The van der Waals surface area contributed by atoms with Gasteiger partial charge in [0, 0.05) is 12.2 Å². The number of benzene rings is 2. The van der Waals surface area contributed by atoms with Crippen LogP contribution in [0.4, 0.5) is 5.69 Å². The van der Waals surface area contributed by atoms with Crippen molar-refractivity contribution in [1.29, 1.82) is 0 Å². The lowest BCUT2D eigenvalue weighted by atomic mass is 10.0. The van der Waals surface area contributed by atoms with Crippen molar-refractivity contribution >= 4 is 29.1 Å². The number of rotatable bonds is 6. The summed E-state index contributed by atoms with van der Waals surface area (Å²) in [5.41, 5.74) is 3.14. The Kier molecular flexibility index (Phi) is 5.43. The van der Waals surface area contributed by atoms with Crippen LogP contribution in [0.3, 0.4) is 0 Å². The minimum atomic E-state index is -0.450. The molecule has 1 aliphatic heterocycles. The van der Waals surface area contributed by atoms with Gasteiger partial charge in [0.25, 0.3) is 11.8 Å². The van der Waals surface area contributed by atoms with Crippen LogP contribution in [-0.2, 0) is 16.0 Å². The molecular formula is C21H21ClN2O2. The lowest BCUT2D eigenvalue weighted by Crippen LogP contribution is -2.34. The van der Waals surface area contributed by atoms with E-state index >= 15 is 0 Å². The number of amides is 2. The molecule has 0 saturated carbocycles. The molecule has 0 atom stereocenters. The van der Waals surface area contributed by atoms with E-state index in [1.165, 1.54) is 10.5 Å². The van der Waals surface area contributed by atoms with Crippen LogP contribution in [0, 0.1) is 0 Å². The van der Waals surface area contributed by atoms with E-state index in [0.717, 1.165) is 11.3 Å². The van der Waals surface area contributed by atoms with Gasteiger partial charge in [-0.3, -0.25) is 14.5 Å². The van der Waals surface area contributed by atoms with Gasteiger partial charge in [0.05, 0.1) is 0 Å². The van der Waals surface area contributed by atoms with E-state index in [1.54, 1.807) is 0 Å². The van der Waals surface area contributed by atoms with Gasteiger partial charge in [-0.1, -0.05) is 67.9 Å². The lowest BCUT2D eigenvalue weighted by Gasteiger charge is -2.15. The summed E-state index contributed by atoms with van der Waals surface area (Å²) in [6, 6.07) is 17.5. The van der Waals surface area contributed by atoms with Crippen LogP contribution in [0.5, 0.6) is 0 Å². The minimum absolute atomic E-state index is 0.0593. The number of hydrogen-bond donors (Lipinski definition) is 1. The molecule has 0 saturated heterocycles. The van der Waals surface area contributed by atoms with Crippen LogP contribution in [-0.4, -0.2) is 23.3 Å². The Morgan fingerprint density at radius 1 is 0.962 bits per heavy atom. The Morgan fingerprint density at radius 3 is 2.23 bits per heavy atom. The smallest absolute Gasteiger partial charge is 0.278 e. The highest BCUT2D eigenvalue weighted by molar-refractivity contribution is 6.48. The summed E-state index contributed by atoms with van der Waals surface area (Å²) in [5, 5.41) is 2.94. The molecule has 5 heteroatoms. The maximum atomic E-state index is 12.6. The summed E-state index contributed by atoms with van der Waals surface area (Å²) >= 11 is 6.14. The molecule has 0 aliphatic carbocycles. The lowest BCUT2D eigenvalue weighted by molar-refractivity contribution is -0.137. The molecule has 1 aliphatic rings. The zero-order valence-corrected chi connectivity index (χ0v) is 15.6. The minimum Gasteiger partial charge on any atom is -0.350 e. The van der Waals surface area contributed by atoms with Crippen molar-refractivity contribution in [3.8, 4) is 0 Å². The Labute approximate surface area is 158 Å². The fourth-order valence-electron chi connectivity index (χ4n) is 2.84. The van der Waals surface area contributed by atoms with Gasteiger partial charge in [0.2, 0.25) is 0 Å². The summed E-state index contributed by atoms with van der Waals surface area (Å²) in [6.45, 7) is 4.53. The third-order valence-corrected chi connectivity index (χ3v) is 4.78. The summed E-state index contributed by atoms with van der Waals surface area (Å²) in [6.07, 6.45) is 0.596. The summed E-state index contributed by atoms with van der Waals surface area (Å²) in [5.74, 6) is -0.409. The Bertz CT molecular complexity index is 842. The Morgan fingerprint density at radius 2 is 1.62 bits per heavy atom. The first-order chi connectivity index (χ1) is 12.5. The number of carbonyl (C=O) groups excluding carboxylic acids is 2. The molecule has 0 unspecified atom stereocenters. The zero-order chi connectivity index (χ0) is 18.7. The van der Waals surface area contributed by atoms with Crippen LogP contribution >= 0.6 is 11.6 Å². The highest BCUT2D eigenvalue weighted by Gasteiger charge is 2.37. The number of hydrogen-bond acceptors (Lipinski definition) is 3. The first-order valence-electron chi connectivity index (χ1n) is 8.64. The number of nitrogens with one attached hydrogen (secondary N) is 1. The second-order valence-corrected chi connectivity index (χ2v) is 6.97. The van der Waals surface area contributed by atoms with E-state index in [2.05, 4.69) is 19.2 Å². The molecule has 26 heavy (non-hydrogen) atoms. The average molecular weight is 369 g/mol. The molecule has 3 rings (SSSR count). The SMILES string of the molecule is CC(C)c1ccc(NC2=C(Cl)C(=O)N(CCc3ccccc3)C2=O)cc1.